The Kier molecular flexibility index (Phi) is 2.93. The highest BCUT2D eigenvalue weighted by molar-refractivity contribution is 5.39. The van der Waals surface area contributed by atoms with E-state index in [0.29, 0.717) is 0 Å². The van der Waals surface area contributed by atoms with Gasteiger partial charge in [-0.05, 0) is 20.8 Å². The van der Waals surface area contributed by atoms with Crippen molar-refractivity contribution in [2.24, 2.45) is 0 Å². The van der Waals surface area contributed by atoms with E-state index in [1.54, 1.807) is 20.8 Å². The van der Waals surface area contributed by atoms with Crippen LogP contribution in [-0.2, 0) is 0 Å². The van der Waals surface area contributed by atoms with E-state index in [9.17, 15) is 14.5 Å². The third kappa shape index (κ3) is 3.53. The molecular formula is C10H12FNO3. The van der Waals surface area contributed by atoms with Crippen LogP contribution in [0.2, 0.25) is 0 Å². The lowest BCUT2D eigenvalue weighted by molar-refractivity contribution is -0.385. The zero-order valence-electron chi connectivity index (χ0n) is 8.78. The molecule has 1 rings (SSSR count). The van der Waals surface area contributed by atoms with Crippen molar-refractivity contribution >= 4 is 5.69 Å². The molecule has 0 heterocycles. The molecule has 0 aliphatic carbocycles. The highest BCUT2D eigenvalue weighted by atomic mass is 19.1. The van der Waals surface area contributed by atoms with Crippen LogP contribution >= 0.6 is 0 Å². The Labute approximate surface area is 86.8 Å². The first-order valence-corrected chi connectivity index (χ1v) is 4.42. The molecule has 0 saturated heterocycles. The van der Waals surface area contributed by atoms with E-state index in [4.69, 9.17) is 4.74 Å². The summed E-state index contributed by atoms with van der Waals surface area (Å²) in [6, 6.07) is 3.18. The molecule has 1 aromatic carbocycles. The smallest absolute Gasteiger partial charge is 0.276 e. The van der Waals surface area contributed by atoms with Crippen molar-refractivity contribution in [1.82, 2.24) is 0 Å². The van der Waals surface area contributed by atoms with Gasteiger partial charge in [-0.1, -0.05) is 0 Å². The zero-order valence-corrected chi connectivity index (χ0v) is 8.78. The quantitative estimate of drug-likeness (QED) is 0.560. The van der Waals surface area contributed by atoms with E-state index in [-0.39, 0.29) is 11.4 Å². The average Bonchev–Trinajstić information content (AvgIpc) is 1.99. The molecule has 0 aliphatic rings. The van der Waals surface area contributed by atoms with Crippen LogP contribution in [0, 0.1) is 15.9 Å². The predicted octanol–water partition coefficient (Wildman–Crippen LogP) is 2.91. The van der Waals surface area contributed by atoms with Crippen LogP contribution in [0.1, 0.15) is 20.8 Å². The first-order valence-electron chi connectivity index (χ1n) is 4.42. The Hall–Kier alpha value is -1.65. The van der Waals surface area contributed by atoms with Gasteiger partial charge in [0.25, 0.3) is 5.69 Å². The lowest BCUT2D eigenvalue weighted by atomic mass is 10.2. The molecule has 0 spiro atoms. The number of hydrogen-bond donors (Lipinski definition) is 0. The van der Waals surface area contributed by atoms with Gasteiger partial charge in [0.15, 0.2) is 0 Å². The molecule has 0 saturated carbocycles. The molecule has 0 N–H and O–H groups in total. The molecule has 15 heavy (non-hydrogen) atoms. The van der Waals surface area contributed by atoms with Crippen molar-refractivity contribution < 1.29 is 14.1 Å². The summed E-state index contributed by atoms with van der Waals surface area (Å²) in [7, 11) is 0. The Bertz CT molecular complexity index is 385. The molecule has 0 amide bonds. The van der Waals surface area contributed by atoms with E-state index in [1.807, 2.05) is 0 Å². The van der Waals surface area contributed by atoms with Crippen LogP contribution in [0.3, 0.4) is 0 Å². The van der Waals surface area contributed by atoms with Crippen molar-refractivity contribution in [1.29, 1.82) is 0 Å². The number of nitro benzene ring substituents is 1. The predicted molar refractivity (Wildman–Crippen MR) is 53.4 cm³/mol. The van der Waals surface area contributed by atoms with Gasteiger partial charge in [0.1, 0.15) is 17.2 Å². The maximum Gasteiger partial charge on any atom is 0.276 e. The summed E-state index contributed by atoms with van der Waals surface area (Å²) in [6.45, 7) is 5.34. The fourth-order valence-corrected chi connectivity index (χ4v) is 1.07. The molecule has 5 heteroatoms. The van der Waals surface area contributed by atoms with Crippen molar-refractivity contribution in [2.75, 3.05) is 0 Å². The largest absolute Gasteiger partial charge is 0.488 e. The molecule has 0 fully saturated rings. The summed E-state index contributed by atoms with van der Waals surface area (Å²) in [5, 5.41) is 10.5. The first-order chi connectivity index (χ1) is 6.78. The van der Waals surface area contributed by atoms with E-state index >= 15 is 0 Å². The highest BCUT2D eigenvalue weighted by Gasteiger charge is 2.16. The van der Waals surface area contributed by atoms with E-state index in [0.717, 1.165) is 12.1 Å². The van der Waals surface area contributed by atoms with E-state index in [2.05, 4.69) is 0 Å². The number of non-ortho nitro benzene ring substituents is 1. The topological polar surface area (TPSA) is 52.4 Å². The summed E-state index contributed by atoms with van der Waals surface area (Å²) in [5.74, 6) is -0.516. The second kappa shape index (κ2) is 3.84. The summed E-state index contributed by atoms with van der Waals surface area (Å²) in [4.78, 5) is 9.80. The molecule has 1 aromatic rings. The molecule has 0 radical (unpaired) electrons. The fourth-order valence-electron chi connectivity index (χ4n) is 1.07. The van der Waals surface area contributed by atoms with Gasteiger partial charge in [-0.2, -0.15) is 0 Å². The van der Waals surface area contributed by atoms with Gasteiger partial charge in [0.05, 0.1) is 17.1 Å². The van der Waals surface area contributed by atoms with Gasteiger partial charge in [-0.15, -0.1) is 0 Å². The SMILES string of the molecule is CC(C)(C)Oc1cc(F)cc([N+](=O)[O-])c1. The maximum absolute atomic E-state index is 13.0. The second-order valence-corrected chi connectivity index (χ2v) is 4.12. The Morgan fingerprint density at radius 3 is 2.40 bits per heavy atom. The van der Waals surface area contributed by atoms with Crippen LogP contribution in [-0.4, -0.2) is 10.5 Å². The molecular weight excluding hydrogens is 201 g/mol. The lowest BCUT2D eigenvalue weighted by Crippen LogP contribution is -2.23. The summed E-state index contributed by atoms with van der Waals surface area (Å²) >= 11 is 0. The van der Waals surface area contributed by atoms with E-state index < -0.39 is 16.3 Å². The minimum absolute atomic E-state index is 0.161. The Balaban J connectivity index is 3.04. The van der Waals surface area contributed by atoms with Crippen molar-refractivity contribution in [2.45, 2.75) is 26.4 Å². The number of hydrogen-bond acceptors (Lipinski definition) is 3. The van der Waals surface area contributed by atoms with Gasteiger partial charge < -0.3 is 4.74 Å². The van der Waals surface area contributed by atoms with Crippen molar-refractivity contribution in [3.05, 3.63) is 34.1 Å². The number of nitrogens with zero attached hydrogens (tertiary/aromatic N) is 1. The molecule has 0 unspecified atom stereocenters. The minimum Gasteiger partial charge on any atom is -0.488 e. The first kappa shape index (κ1) is 11.4. The number of rotatable bonds is 2. The van der Waals surface area contributed by atoms with Gasteiger partial charge in [-0.3, -0.25) is 10.1 Å². The van der Waals surface area contributed by atoms with Gasteiger partial charge in [0, 0.05) is 6.07 Å². The minimum atomic E-state index is -0.677. The van der Waals surface area contributed by atoms with Crippen molar-refractivity contribution in [3.63, 3.8) is 0 Å². The van der Waals surface area contributed by atoms with Gasteiger partial charge in [-0.25, -0.2) is 4.39 Å². The van der Waals surface area contributed by atoms with Crippen molar-refractivity contribution in [3.8, 4) is 5.75 Å². The maximum atomic E-state index is 13.0. The van der Waals surface area contributed by atoms with Crippen LogP contribution in [0.15, 0.2) is 18.2 Å². The lowest BCUT2D eigenvalue weighted by Gasteiger charge is -2.20. The second-order valence-electron chi connectivity index (χ2n) is 4.12. The average molecular weight is 213 g/mol. The Morgan fingerprint density at radius 2 is 1.93 bits per heavy atom. The fraction of sp³-hybridized carbons (Fsp3) is 0.400. The summed E-state index contributed by atoms with van der Waals surface area (Å²) in [5.41, 5.74) is -0.823. The van der Waals surface area contributed by atoms with E-state index in [1.165, 1.54) is 6.07 Å². The van der Waals surface area contributed by atoms with Gasteiger partial charge in [0.2, 0.25) is 0 Å². The summed E-state index contributed by atoms with van der Waals surface area (Å²) in [6.07, 6.45) is 0. The van der Waals surface area contributed by atoms with Crippen LogP contribution in [0.5, 0.6) is 5.75 Å². The third-order valence-electron chi connectivity index (χ3n) is 1.49. The summed E-state index contributed by atoms with van der Waals surface area (Å²) < 4.78 is 18.3. The normalized spacial score (nSPS) is 11.2. The molecule has 0 bridgehead atoms. The molecule has 82 valence electrons. The van der Waals surface area contributed by atoms with Crippen LogP contribution in [0.4, 0.5) is 10.1 Å². The highest BCUT2D eigenvalue weighted by Crippen LogP contribution is 2.24. The Morgan fingerprint density at radius 1 is 1.33 bits per heavy atom. The zero-order chi connectivity index (χ0) is 11.6. The monoisotopic (exact) mass is 213 g/mol. The number of benzene rings is 1. The van der Waals surface area contributed by atoms with Gasteiger partial charge >= 0.3 is 0 Å². The number of ether oxygens (including phenoxy) is 1. The molecule has 0 aromatic heterocycles. The third-order valence-corrected chi connectivity index (χ3v) is 1.49. The van der Waals surface area contributed by atoms with Crippen LogP contribution in [0.25, 0.3) is 0 Å². The molecule has 4 nitrogen and oxygen atoms in total. The van der Waals surface area contributed by atoms with Crippen LogP contribution < -0.4 is 4.74 Å². The molecule has 0 atom stereocenters. The standard InChI is InChI=1S/C10H12FNO3/c1-10(2,3)15-9-5-7(11)4-8(6-9)12(13)14/h4-6H,1-3H3. The number of halogens is 1. The molecule has 0 aliphatic heterocycles. The number of nitro groups is 1.